The summed E-state index contributed by atoms with van der Waals surface area (Å²) in [6.45, 7) is 8.04. The van der Waals surface area contributed by atoms with Gasteiger partial charge in [0.25, 0.3) is 0 Å². The van der Waals surface area contributed by atoms with Crippen molar-refractivity contribution in [3.8, 4) is 0 Å². The number of hydrogen-bond donors (Lipinski definition) is 1. The van der Waals surface area contributed by atoms with Crippen molar-refractivity contribution in [1.82, 2.24) is 20.0 Å². The fourth-order valence-corrected chi connectivity index (χ4v) is 2.47. The summed E-state index contributed by atoms with van der Waals surface area (Å²) in [6.07, 6.45) is 4.21. The van der Waals surface area contributed by atoms with Gasteiger partial charge >= 0.3 is 0 Å². The maximum Gasteiger partial charge on any atom is 0.0492 e. The minimum absolute atomic E-state index is 0.672. The second-order valence-electron chi connectivity index (χ2n) is 5.22. The number of rotatable bonds is 5. The van der Waals surface area contributed by atoms with Crippen LogP contribution in [0.25, 0.3) is 0 Å². The van der Waals surface area contributed by atoms with Gasteiger partial charge in [-0.3, -0.25) is 9.58 Å². The first-order valence-electron chi connectivity index (χ1n) is 6.61. The Labute approximate surface area is 104 Å². The Kier molecular flexibility index (Phi) is 4.18. The predicted octanol–water partition coefficient (Wildman–Crippen LogP) is 1.03. The van der Waals surface area contributed by atoms with Crippen molar-refractivity contribution >= 4 is 0 Å². The standard InChI is InChI=1S/C13H24N4/c1-11(2)17-9-6-12(10-17)14-7-4-13-5-8-15-16(13)3/h5,8,11-12,14H,4,6-7,9-10H2,1-3H3. The van der Waals surface area contributed by atoms with Gasteiger partial charge in [-0.2, -0.15) is 5.10 Å². The van der Waals surface area contributed by atoms with Gasteiger partial charge in [-0.05, 0) is 32.9 Å². The van der Waals surface area contributed by atoms with Gasteiger partial charge < -0.3 is 5.32 Å². The normalized spacial score (nSPS) is 21.5. The number of nitrogens with one attached hydrogen (secondary N) is 1. The van der Waals surface area contributed by atoms with Crippen LogP contribution in [0.1, 0.15) is 26.0 Å². The minimum atomic E-state index is 0.672. The Morgan fingerprint density at radius 2 is 2.35 bits per heavy atom. The lowest BCUT2D eigenvalue weighted by Gasteiger charge is -2.20. The summed E-state index contributed by atoms with van der Waals surface area (Å²) in [5.41, 5.74) is 1.30. The molecule has 0 aliphatic carbocycles. The molecule has 0 saturated carbocycles. The summed E-state index contributed by atoms with van der Waals surface area (Å²) in [5, 5.41) is 7.83. The molecule has 2 rings (SSSR count). The first-order valence-corrected chi connectivity index (χ1v) is 6.61. The fraction of sp³-hybridized carbons (Fsp3) is 0.769. The SMILES string of the molecule is CC(C)N1CCC(NCCc2ccnn2C)C1. The number of likely N-dealkylation sites (tertiary alicyclic amines) is 1. The highest BCUT2D eigenvalue weighted by Gasteiger charge is 2.23. The van der Waals surface area contributed by atoms with E-state index >= 15 is 0 Å². The van der Waals surface area contributed by atoms with Crippen molar-refractivity contribution in [2.24, 2.45) is 7.05 Å². The Bertz CT molecular complexity index is 345. The molecule has 0 bridgehead atoms. The average Bonchev–Trinajstić information content (AvgIpc) is 2.89. The van der Waals surface area contributed by atoms with Crippen LogP contribution in [-0.4, -0.2) is 46.4 Å². The predicted molar refractivity (Wildman–Crippen MR) is 70.0 cm³/mol. The monoisotopic (exact) mass is 236 g/mol. The quantitative estimate of drug-likeness (QED) is 0.829. The van der Waals surface area contributed by atoms with Gasteiger partial charge in [0.2, 0.25) is 0 Å². The van der Waals surface area contributed by atoms with E-state index in [4.69, 9.17) is 0 Å². The van der Waals surface area contributed by atoms with Gasteiger partial charge in [-0.15, -0.1) is 0 Å². The van der Waals surface area contributed by atoms with Gasteiger partial charge in [0.05, 0.1) is 0 Å². The smallest absolute Gasteiger partial charge is 0.0492 e. The molecule has 1 aromatic heterocycles. The summed E-state index contributed by atoms with van der Waals surface area (Å²) in [6, 6.07) is 3.45. The van der Waals surface area contributed by atoms with Crippen LogP contribution in [-0.2, 0) is 13.5 Å². The summed E-state index contributed by atoms with van der Waals surface area (Å²) < 4.78 is 1.96. The van der Waals surface area contributed by atoms with Crippen molar-refractivity contribution < 1.29 is 0 Å². The van der Waals surface area contributed by atoms with E-state index in [2.05, 4.69) is 35.2 Å². The summed E-state index contributed by atoms with van der Waals surface area (Å²) >= 11 is 0. The van der Waals surface area contributed by atoms with Crippen LogP contribution in [0, 0.1) is 0 Å². The first-order chi connectivity index (χ1) is 8.16. The van der Waals surface area contributed by atoms with Crippen molar-refractivity contribution in [2.45, 2.75) is 38.8 Å². The molecule has 1 atom stereocenters. The van der Waals surface area contributed by atoms with E-state index in [1.165, 1.54) is 25.2 Å². The number of nitrogens with zero attached hydrogens (tertiary/aromatic N) is 3. The maximum atomic E-state index is 4.18. The van der Waals surface area contributed by atoms with Crippen molar-refractivity contribution in [3.63, 3.8) is 0 Å². The molecule has 0 amide bonds. The van der Waals surface area contributed by atoms with Crippen LogP contribution in [0.2, 0.25) is 0 Å². The highest BCUT2D eigenvalue weighted by molar-refractivity contribution is 5.00. The van der Waals surface area contributed by atoms with Crippen molar-refractivity contribution in [3.05, 3.63) is 18.0 Å². The molecule has 1 saturated heterocycles. The molecule has 2 heterocycles. The molecule has 1 unspecified atom stereocenters. The molecule has 96 valence electrons. The Balaban J connectivity index is 1.68. The molecule has 1 aliphatic rings. The topological polar surface area (TPSA) is 33.1 Å². The molecular weight excluding hydrogens is 212 g/mol. The molecule has 4 nitrogen and oxygen atoms in total. The zero-order chi connectivity index (χ0) is 12.3. The van der Waals surface area contributed by atoms with Gasteiger partial charge in [0.1, 0.15) is 0 Å². The molecule has 1 aliphatic heterocycles. The first kappa shape index (κ1) is 12.6. The number of aromatic nitrogens is 2. The van der Waals surface area contributed by atoms with Gasteiger partial charge in [0.15, 0.2) is 0 Å². The van der Waals surface area contributed by atoms with E-state index < -0.39 is 0 Å². The fourth-order valence-electron chi connectivity index (χ4n) is 2.47. The van der Waals surface area contributed by atoms with Gasteiger partial charge in [0, 0.05) is 50.5 Å². The maximum absolute atomic E-state index is 4.18. The highest BCUT2D eigenvalue weighted by Crippen LogP contribution is 2.12. The van der Waals surface area contributed by atoms with E-state index in [1.54, 1.807) is 0 Å². The lowest BCUT2D eigenvalue weighted by atomic mass is 10.2. The highest BCUT2D eigenvalue weighted by atomic mass is 15.3. The van der Waals surface area contributed by atoms with Gasteiger partial charge in [-0.25, -0.2) is 0 Å². The third-order valence-corrected chi connectivity index (χ3v) is 3.69. The van der Waals surface area contributed by atoms with Gasteiger partial charge in [-0.1, -0.05) is 0 Å². The molecule has 0 aromatic carbocycles. The third-order valence-electron chi connectivity index (χ3n) is 3.69. The molecule has 1 fully saturated rings. The van der Waals surface area contributed by atoms with Crippen LogP contribution in [0.15, 0.2) is 12.3 Å². The Morgan fingerprint density at radius 1 is 1.53 bits per heavy atom. The lowest BCUT2D eigenvalue weighted by molar-refractivity contribution is 0.268. The number of aryl methyl sites for hydroxylation is 1. The van der Waals surface area contributed by atoms with Crippen LogP contribution >= 0.6 is 0 Å². The molecular formula is C13H24N4. The third kappa shape index (κ3) is 3.30. The molecule has 0 radical (unpaired) electrons. The Hall–Kier alpha value is -0.870. The van der Waals surface area contributed by atoms with E-state index in [0.29, 0.717) is 12.1 Å². The van der Waals surface area contributed by atoms with E-state index in [-0.39, 0.29) is 0 Å². The molecule has 0 spiro atoms. The largest absolute Gasteiger partial charge is 0.312 e. The van der Waals surface area contributed by atoms with Crippen molar-refractivity contribution in [1.29, 1.82) is 0 Å². The van der Waals surface area contributed by atoms with E-state index in [9.17, 15) is 0 Å². The van der Waals surface area contributed by atoms with Crippen LogP contribution in [0.3, 0.4) is 0 Å². The molecule has 17 heavy (non-hydrogen) atoms. The minimum Gasteiger partial charge on any atom is -0.312 e. The summed E-state index contributed by atoms with van der Waals surface area (Å²) in [7, 11) is 2.01. The lowest BCUT2D eigenvalue weighted by Crippen LogP contribution is -2.36. The Morgan fingerprint density at radius 3 is 2.94 bits per heavy atom. The van der Waals surface area contributed by atoms with Crippen LogP contribution in [0.5, 0.6) is 0 Å². The second kappa shape index (κ2) is 5.65. The van der Waals surface area contributed by atoms with E-state index in [0.717, 1.165) is 13.0 Å². The van der Waals surface area contributed by atoms with E-state index in [1.807, 2.05) is 17.9 Å². The number of hydrogen-bond acceptors (Lipinski definition) is 3. The summed E-state index contributed by atoms with van der Waals surface area (Å²) in [4.78, 5) is 2.54. The van der Waals surface area contributed by atoms with Crippen LogP contribution in [0.4, 0.5) is 0 Å². The van der Waals surface area contributed by atoms with Crippen molar-refractivity contribution in [2.75, 3.05) is 19.6 Å². The molecule has 4 heteroatoms. The second-order valence-corrected chi connectivity index (χ2v) is 5.22. The zero-order valence-corrected chi connectivity index (χ0v) is 11.2. The molecule has 1 N–H and O–H groups in total. The zero-order valence-electron chi connectivity index (χ0n) is 11.2. The summed E-state index contributed by atoms with van der Waals surface area (Å²) in [5.74, 6) is 0. The average molecular weight is 236 g/mol. The molecule has 1 aromatic rings. The van der Waals surface area contributed by atoms with Crippen LogP contribution < -0.4 is 5.32 Å².